The van der Waals surface area contributed by atoms with Gasteiger partial charge in [-0.25, -0.2) is 0 Å². The summed E-state index contributed by atoms with van der Waals surface area (Å²) in [5, 5.41) is 19.1. The highest BCUT2D eigenvalue weighted by Crippen LogP contribution is 2.48. The molecule has 0 radical (unpaired) electrons. The molecule has 0 aromatic heterocycles. The summed E-state index contributed by atoms with van der Waals surface area (Å²) in [5.41, 5.74) is 0.856. The Morgan fingerprint density at radius 3 is 1.34 bits per heavy atom. The molecule has 0 spiro atoms. The maximum Gasteiger partial charge on any atom is 0.246 e. The first-order valence-corrected chi connectivity index (χ1v) is 27.2. The van der Waals surface area contributed by atoms with Gasteiger partial charge in [0.25, 0.3) is 0 Å². The molecule has 0 unspecified atom stereocenters. The second kappa shape index (κ2) is 28.2. The minimum Gasteiger partial charge on any atom is -0.377 e. The van der Waals surface area contributed by atoms with E-state index in [9.17, 15) is 19.2 Å². The van der Waals surface area contributed by atoms with E-state index in [0.717, 1.165) is 22.6 Å². The molecule has 0 aliphatic carbocycles. The topological polar surface area (TPSA) is 175 Å². The van der Waals surface area contributed by atoms with Crippen molar-refractivity contribution in [1.82, 2.24) is 41.7 Å². The molecule has 10 atom stereocenters. The summed E-state index contributed by atoms with van der Waals surface area (Å²) >= 11 is 14.7. The van der Waals surface area contributed by atoms with Crippen LogP contribution in [-0.2, 0) is 33.4 Å². The molecule has 6 N–H and O–H groups in total. The van der Waals surface area contributed by atoms with Crippen LogP contribution in [0.5, 0.6) is 0 Å². The van der Waals surface area contributed by atoms with Gasteiger partial charge in [0.05, 0.1) is 84.5 Å². The number of likely N-dealkylation sites (N-methyl/N-ethyl adjacent to an activating group) is 2. The fourth-order valence-electron chi connectivity index (χ4n) is 9.61. The van der Waals surface area contributed by atoms with Gasteiger partial charge in [0, 0.05) is 0 Å². The molecule has 4 aliphatic rings. The molecule has 71 heavy (non-hydrogen) atoms. The Balaban J connectivity index is 0.00000548. The number of thioether (sulfide) groups is 2. The van der Waals surface area contributed by atoms with Gasteiger partial charge < -0.3 is 55.9 Å². The quantitative estimate of drug-likeness (QED) is 0.0639. The lowest BCUT2D eigenvalue weighted by Crippen LogP contribution is -2.58. The molecule has 21 heteroatoms. The van der Waals surface area contributed by atoms with E-state index < -0.39 is 47.1 Å². The van der Waals surface area contributed by atoms with Crippen molar-refractivity contribution in [3.8, 4) is 0 Å². The lowest BCUT2D eigenvalue weighted by molar-refractivity contribution is -0.142. The third kappa shape index (κ3) is 15.6. The Kier molecular flexibility index (Phi) is 24.1. The van der Waals surface area contributed by atoms with Gasteiger partial charge in [0.2, 0.25) is 23.6 Å². The largest absolute Gasteiger partial charge is 0.377 e. The third-order valence-corrected chi connectivity index (χ3v) is 17.2. The predicted octanol–water partition coefficient (Wildman–Crippen LogP) is 5.56. The second-order valence-electron chi connectivity index (χ2n) is 19.8. The molecule has 396 valence electrons. The van der Waals surface area contributed by atoms with E-state index in [1.807, 2.05) is 88.6 Å². The first-order valence-electron chi connectivity index (χ1n) is 24.2. The van der Waals surface area contributed by atoms with E-state index in [4.69, 9.17) is 38.6 Å². The van der Waals surface area contributed by atoms with Gasteiger partial charge in [-0.1, -0.05) is 113 Å². The van der Waals surface area contributed by atoms with Crippen molar-refractivity contribution in [2.24, 2.45) is 10.8 Å². The summed E-state index contributed by atoms with van der Waals surface area (Å²) in [5.74, 6) is 0.921. The van der Waals surface area contributed by atoms with Gasteiger partial charge >= 0.3 is 0 Å². The summed E-state index contributed by atoms with van der Waals surface area (Å²) in [7, 11) is 3.66. The van der Waals surface area contributed by atoms with Crippen LogP contribution in [0.25, 0.3) is 0 Å². The van der Waals surface area contributed by atoms with Crippen molar-refractivity contribution in [2.45, 2.75) is 126 Å². The van der Waals surface area contributed by atoms with Crippen LogP contribution in [0.2, 0.25) is 0 Å². The highest BCUT2D eigenvalue weighted by molar-refractivity contribution is 8.00. The smallest absolute Gasteiger partial charge is 0.246 e. The van der Waals surface area contributed by atoms with Crippen molar-refractivity contribution in [1.29, 1.82) is 0 Å². The van der Waals surface area contributed by atoms with Crippen LogP contribution in [-0.4, -0.2) is 156 Å². The maximum absolute atomic E-state index is 14.4. The SMILES string of the molecule is CN[C@@H](C)C(=S)N[C@H]1CCS[C@H]2CC(C)(C)[C@@H](C(=O)N[C@H](COCCOCCOC[C@@H](NC(=O)[C@H]3N4C(=O)[C@@H](NC(=S)[C@H](C)NC)CCS[C@H]4CC3(C)C)c3ccccc3)c3ccccc3)N2C1=O.Cl.Cl. The van der Waals surface area contributed by atoms with Crippen LogP contribution >= 0.6 is 72.8 Å². The first kappa shape index (κ1) is 60.7. The number of rotatable bonds is 22. The Bertz CT molecular complexity index is 1940. The Labute approximate surface area is 452 Å². The lowest BCUT2D eigenvalue weighted by Gasteiger charge is -2.35. The number of benzene rings is 2. The number of hydrogen-bond donors (Lipinski definition) is 6. The van der Waals surface area contributed by atoms with Crippen molar-refractivity contribution in [2.75, 3.05) is 65.2 Å². The van der Waals surface area contributed by atoms with E-state index in [0.29, 0.717) is 48.9 Å². The van der Waals surface area contributed by atoms with Crippen LogP contribution in [0.3, 0.4) is 0 Å². The zero-order chi connectivity index (χ0) is 49.9. The van der Waals surface area contributed by atoms with E-state index in [1.54, 1.807) is 33.3 Å². The minimum absolute atomic E-state index is 0. The average Bonchev–Trinajstić information content (AvgIpc) is 3.65. The molecule has 4 aliphatic heterocycles. The molecule has 4 saturated heterocycles. The molecule has 0 saturated carbocycles. The monoisotopic (exact) mass is 1100 g/mol. The molecular formula is C50H76Cl2N8O7S4. The molecule has 0 bridgehead atoms. The van der Waals surface area contributed by atoms with Gasteiger partial charge in [-0.15, -0.1) is 48.3 Å². The van der Waals surface area contributed by atoms with Crippen molar-refractivity contribution in [3.63, 3.8) is 0 Å². The fourth-order valence-corrected chi connectivity index (χ4v) is 13.3. The maximum atomic E-state index is 14.4. The molecule has 2 aromatic carbocycles. The number of thiocarbonyl (C=S) groups is 2. The standard InChI is InChI=1S/C50H74N8O7S4.2ClH/c1-31(51-7)45(66)55-35-19-25-68-39-27-49(3,4)41(57(39)47(35)61)43(59)53-37(33-15-11-9-12-16-33)29-64-23-21-63-22-24-65-30-38(34-17-13-10-14-18-34)54-44(60)42-50(5,6)28-40-58(42)48(62)36(20-26-69-40)56-46(67)32(2)52-8;;/h9-18,31-32,35-42,51-52H,19-30H2,1-8H3,(H,53,59)(H,54,60)(H,55,66)(H,56,67);2*1H/t31-,32-,35-,36-,37+,38+,39-,40-,41+,42+;;/m0../s1. The fraction of sp³-hybridized carbons (Fsp3) is 0.640. The molecular weight excluding hydrogens is 1020 g/mol. The van der Waals surface area contributed by atoms with E-state index in [2.05, 4.69) is 59.6 Å². The molecule has 4 heterocycles. The predicted molar refractivity (Wildman–Crippen MR) is 297 cm³/mol. The second-order valence-corrected chi connectivity index (χ2v) is 23.2. The number of hydrogen-bond acceptors (Lipinski definition) is 13. The molecule has 2 aromatic rings. The number of carbonyl (C=O) groups is 4. The van der Waals surface area contributed by atoms with Gasteiger partial charge in [0.15, 0.2) is 0 Å². The average molecular weight is 1100 g/mol. The van der Waals surface area contributed by atoms with Crippen molar-refractivity contribution in [3.05, 3.63) is 71.8 Å². The number of nitrogens with zero attached hydrogens (tertiary/aromatic N) is 2. The molecule has 15 nitrogen and oxygen atoms in total. The van der Waals surface area contributed by atoms with E-state index in [-0.39, 0.29) is 97.7 Å². The van der Waals surface area contributed by atoms with Crippen LogP contribution in [0, 0.1) is 10.8 Å². The summed E-state index contributed by atoms with van der Waals surface area (Å²) in [6.45, 7) is 13.7. The molecule has 6 rings (SSSR count). The zero-order valence-electron chi connectivity index (χ0n) is 42.2. The van der Waals surface area contributed by atoms with Gasteiger partial charge in [-0.3, -0.25) is 19.2 Å². The number of nitrogens with one attached hydrogen (secondary N) is 6. The van der Waals surface area contributed by atoms with E-state index in [1.165, 1.54) is 0 Å². The lowest BCUT2D eigenvalue weighted by atomic mass is 9.83. The van der Waals surface area contributed by atoms with Crippen LogP contribution < -0.4 is 31.9 Å². The normalized spacial score (nSPS) is 25.1. The minimum atomic E-state index is -0.679. The van der Waals surface area contributed by atoms with Gasteiger partial charge in [-0.2, -0.15) is 0 Å². The first-order chi connectivity index (χ1) is 33.0. The number of carbonyl (C=O) groups excluding carboxylic acids is 4. The van der Waals surface area contributed by atoms with Crippen LogP contribution in [0.15, 0.2) is 60.7 Å². The number of amides is 4. The number of halogens is 2. The molecule has 4 amide bonds. The highest BCUT2D eigenvalue weighted by Gasteiger charge is 2.56. The highest BCUT2D eigenvalue weighted by atomic mass is 35.5. The zero-order valence-corrected chi connectivity index (χ0v) is 47.1. The number of ether oxygens (including phenoxy) is 3. The van der Waals surface area contributed by atoms with Crippen LogP contribution in [0.4, 0.5) is 0 Å². The summed E-state index contributed by atoms with van der Waals surface area (Å²) < 4.78 is 18.2. The Morgan fingerprint density at radius 1 is 0.634 bits per heavy atom. The third-order valence-electron chi connectivity index (χ3n) is 13.7. The number of fused-ring (bicyclic) bond motifs is 2. The van der Waals surface area contributed by atoms with Crippen molar-refractivity contribution < 1.29 is 33.4 Å². The van der Waals surface area contributed by atoms with Gasteiger partial charge in [0.1, 0.15) is 24.2 Å². The summed E-state index contributed by atoms with van der Waals surface area (Å²) in [6.07, 6.45) is 2.65. The molecule has 4 fully saturated rings. The van der Waals surface area contributed by atoms with Crippen LogP contribution in [0.1, 0.15) is 90.4 Å². The Morgan fingerprint density at radius 2 is 0.986 bits per heavy atom. The summed E-state index contributed by atoms with van der Waals surface area (Å²) in [6, 6.07) is 15.9. The van der Waals surface area contributed by atoms with Crippen molar-refractivity contribution >= 4 is 106 Å². The van der Waals surface area contributed by atoms with Gasteiger partial charge in [-0.05, 0) is 87.1 Å². The summed E-state index contributed by atoms with van der Waals surface area (Å²) in [4.78, 5) is 62.0. The Hall–Kier alpha value is -2.82. The van der Waals surface area contributed by atoms with E-state index >= 15 is 0 Å².